The molecule has 7 heteroatoms. The van der Waals surface area contributed by atoms with E-state index in [2.05, 4.69) is 9.88 Å². The predicted octanol–water partition coefficient (Wildman–Crippen LogP) is 2.03. The van der Waals surface area contributed by atoms with E-state index in [1.54, 1.807) is 0 Å². The maximum atomic E-state index is 11.0. The number of hydrogen-bond donors (Lipinski definition) is 2. The van der Waals surface area contributed by atoms with Crippen molar-refractivity contribution in [2.45, 2.75) is 32.9 Å². The average Bonchev–Trinajstić information content (AvgIpc) is 2.55. The summed E-state index contributed by atoms with van der Waals surface area (Å²) in [4.78, 5) is 26.1. The van der Waals surface area contributed by atoms with Crippen LogP contribution in [0.4, 0.5) is 0 Å². The van der Waals surface area contributed by atoms with E-state index in [0.717, 1.165) is 22.3 Å². The molecule has 1 amide bonds. The summed E-state index contributed by atoms with van der Waals surface area (Å²) in [6, 6.07) is 10.0. The number of pyridine rings is 1. The van der Waals surface area contributed by atoms with Crippen molar-refractivity contribution in [2.75, 3.05) is 13.7 Å². The SMILES string of the molecule is CCOc1ccc2nc(CN(C)C(C)CC(N)=O)ccc2c1.O=CO. The number of carboxylic acid groups (broad SMARTS) is 1. The molecule has 2 rings (SSSR count). The molecule has 1 atom stereocenters. The zero-order valence-electron chi connectivity index (χ0n) is 14.8. The topological polar surface area (TPSA) is 106 Å². The monoisotopic (exact) mass is 347 g/mol. The van der Waals surface area contributed by atoms with Gasteiger partial charge in [0.25, 0.3) is 6.47 Å². The Balaban J connectivity index is 0.000000970. The lowest BCUT2D eigenvalue weighted by Gasteiger charge is -2.23. The first-order valence-corrected chi connectivity index (χ1v) is 8.00. The number of ether oxygens (including phenoxy) is 1. The van der Waals surface area contributed by atoms with Crippen molar-refractivity contribution in [3.8, 4) is 5.75 Å². The van der Waals surface area contributed by atoms with Gasteiger partial charge in [0.2, 0.25) is 5.91 Å². The molecule has 1 aromatic carbocycles. The normalized spacial score (nSPS) is 11.5. The van der Waals surface area contributed by atoms with E-state index in [0.29, 0.717) is 19.6 Å². The standard InChI is InChI=1S/C17H23N3O2.CH2O2/c1-4-22-15-7-8-16-13(10-15)5-6-14(19-16)11-20(3)12(2)9-17(18)21;2-1-3/h5-8,10,12H,4,9,11H2,1-3H3,(H2,18,21);1H,(H,2,3). The van der Waals surface area contributed by atoms with Crippen LogP contribution in [0.3, 0.4) is 0 Å². The molecule has 0 spiro atoms. The van der Waals surface area contributed by atoms with Crippen molar-refractivity contribution in [1.29, 1.82) is 0 Å². The minimum Gasteiger partial charge on any atom is -0.494 e. The van der Waals surface area contributed by atoms with Crippen molar-refractivity contribution in [3.63, 3.8) is 0 Å². The number of fused-ring (bicyclic) bond motifs is 1. The van der Waals surface area contributed by atoms with Crippen LogP contribution in [0.1, 0.15) is 26.0 Å². The Labute approximate surface area is 147 Å². The minimum atomic E-state index is -0.283. The molecule has 1 unspecified atom stereocenters. The smallest absolute Gasteiger partial charge is 0.290 e. The molecule has 0 bridgehead atoms. The Bertz CT molecular complexity index is 706. The summed E-state index contributed by atoms with van der Waals surface area (Å²) in [5, 5.41) is 7.95. The summed E-state index contributed by atoms with van der Waals surface area (Å²) < 4.78 is 5.50. The van der Waals surface area contributed by atoms with Gasteiger partial charge in [0.05, 0.1) is 17.8 Å². The van der Waals surface area contributed by atoms with E-state index in [1.807, 2.05) is 51.2 Å². The first-order chi connectivity index (χ1) is 11.9. The number of nitrogens with two attached hydrogens (primary N) is 1. The first-order valence-electron chi connectivity index (χ1n) is 8.00. The molecule has 0 aliphatic heterocycles. The number of hydrogen-bond acceptors (Lipinski definition) is 5. The molecule has 2 aromatic rings. The zero-order valence-corrected chi connectivity index (χ0v) is 14.8. The van der Waals surface area contributed by atoms with E-state index in [1.165, 1.54) is 0 Å². The predicted molar refractivity (Wildman–Crippen MR) is 96.3 cm³/mol. The van der Waals surface area contributed by atoms with Gasteiger partial charge in [-0.15, -0.1) is 0 Å². The number of benzene rings is 1. The number of rotatable bonds is 7. The lowest BCUT2D eigenvalue weighted by Crippen LogP contribution is -2.32. The van der Waals surface area contributed by atoms with Crippen LogP contribution in [0.2, 0.25) is 0 Å². The lowest BCUT2D eigenvalue weighted by atomic mass is 10.1. The van der Waals surface area contributed by atoms with Gasteiger partial charge in [-0.05, 0) is 45.2 Å². The Hall–Kier alpha value is -2.67. The van der Waals surface area contributed by atoms with Crippen molar-refractivity contribution < 1.29 is 19.4 Å². The molecule has 0 fully saturated rings. The molecule has 3 N–H and O–H groups in total. The first kappa shape index (κ1) is 20.4. The number of carbonyl (C=O) groups is 2. The molecule has 0 radical (unpaired) electrons. The van der Waals surface area contributed by atoms with Gasteiger partial charge >= 0.3 is 0 Å². The van der Waals surface area contributed by atoms with Crippen molar-refractivity contribution >= 4 is 23.3 Å². The van der Waals surface area contributed by atoms with Crippen LogP contribution < -0.4 is 10.5 Å². The van der Waals surface area contributed by atoms with Crippen LogP contribution >= 0.6 is 0 Å². The number of carbonyl (C=O) groups excluding carboxylic acids is 1. The molecule has 25 heavy (non-hydrogen) atoms. The molecule has 0 saturated carbocycles. The molecule has 7 nitrogen and oxygen atoms in total. The summed E-state index contributed by atoms with van der Waals surface area (Å²) in [5.41, 5.74) is 7.15. The third kappa shape index (κ3) is 6.76. The molecule has 0 aliphatic carbocycles. The minimum absolute atomic E-state index is 0.0929. The highest BCUT2D eigenvalue weighted by Gasteiger charge is 2.13. The third-order valence-corrected chi connectivity index (χ3v) is 3.69. The molecule has 1 heterocycles. The maximum absolute atomic E-state index is 11.0. The van der Waals surface area contributed by atoms with Gasteiger partial charge in [-0.2, -0.15) is 0 Å². The van der Waals surface area contributed by atoms with Gasteiger partial charge in [-0.3, -0.25) is 19.5 Å². The van der Waals surface area contributed by atoms with Gasteiger partial charge in [-0.1, -0.05) is 6.07 Å². The molecular weight excluding hydrogens is 322 g/mol. The van der Waals surface area contributed by atoms with Crippen LogP contribution in [0.15, 0.2) is 30.3 Å². The molecule has 0 saturated heterocycles. The maximum Gasteiger partial charge on any atom is 0.290 e. The average molecular weight is 347 g/mol. The Morgan fingerprint density at radius 3 is 2.68 bits per heavy atom. The van der Waals surface area contributed by atoms with Gasteiger partial charge < -0.3 is 15.6 Å². The fraction of sp³-hybridized carbons (Fsp3) is 0.389. The van der Waals surface area contributed by atoms with E-state index in [4.69, 9.17) is 20.4 Å². The zero-order chi connectivity index (χ0) is 18.8. The molecule has 136 valence electrons. The number of primary amides is 1. The summed E-state index contributed by atoms with van der Waals surface area (Å²) in [7, 11) is 1.97. The fourth-order valence-electron chi connectivity index (χ4n) is 2.35. The van der Waals surface area contributed by atoms with Crippen molar-refractivity contribution in [3.05, 3.63) is 36.0 Å². The third-order valence-electron chi connectivity index (χ3n) is 3.69. The van der Waals surface area contributed by atoms with Crippen LogP contribution in [-0.4, -0.2) is 47.1 Å². The van der Waals surface area contributed by atoms with E-state index >= 15 is 0 Å². The summed E-state index contributed by atoms with van der Waals surface area (Å²) in [6.45, 7) is 5.03. The van der Waals surface area contributed by atoms with Crippen LogP contribution in [0.5, 0.6) is 5.75 Å². The summed E-state index contributed by atoms with van der Waals surface area (Å²) >= 11 is 0. The molecule has 1 aromatic heterocycles. The number of nitrogens with zero attached hydrogens (tertiary/aromatic N) is 2. The highest BCUT2D eigenvalue weighted by molar-refractivity contribution is 5.80. The fourth-order valence-corrected chi connectivity index (χ4v) is 2.35. The van der Waals surface area contributed by atoms with Crippen LogP contribution in [0.25, 0.3) is 10.9 Å². The van der Waals surface area contributed by atoms with E-state index in [9.17, 15) is 4.79 Å². The second kappa shape index (κ2) is 10.2. The number of aromatic nitrogens is 1. The van der Waals surface area contributed by atoms with Crippen molar-refractivity contribution in [2.24, 2.45) is 5.73 Å². The lowest BCUT2D eigenvalue weighted by molar-refractivity contribution is -0.123. The summed E-state index contributed by atoms with van der Waals surface area (Å²) in [5.74, 6) is 0.575. The second-order valence-electron chi connectivity index (χ2n) is 5.63. The second-order valence-corrected chi connectivity index (χ2v) is 5.63. The Morgan fingerprint density at radius 1 is 1.40 bits per heavy atom. The van der Waals surface area contributed by atoms with Gasteiger partial charge in [-0.25, -0.2) is 0 Å². The molecule has 0 aliphatic rings. The number of amides is 1. The van der Waals surface area contributed by atoms with Gasteiger partial charge in [0.15, 0.2) is 0 Å². The summed E-state index contributed by atoms with van der Waals surface area (Å²) in [6.07, 6.45) is 0.349. The van der Waals surface area contributed by atoms with E-state index in [-0.39, 0.29) is 18.4 Å². The largest absolute Gasteiger partial charge is 0.494 e. The van der Waals surface area contributed by atoms with Crippen LogP contribution in [-0.2, 0) is 16.1 Å². The Morgan fingerprint density at radius 2 is 2.08 bits per heavy atom. The van der Waals surface area contributed by atoms with Crippen LogP contribution in [0, 0.1) is 0 Å². The highest BCUT2D eigenvalue weighted by atomic mass is 16.5. The van der Waals surface area contributed by atoms with Gasteiger partial charge in [0, 0.05) is 24.4 Å². The molecular formula is C18H25N3O4. The quantitative estimate of drug-likeness (QED) is 0.742. The van der Waals surface area contributed by atoms with Gasteiger partial charge in [0.1, 0.15) is 5.75 Å². The highest BCUT2D eigenvalue weighted by Crippen LogP contribution is 2.20. The van der Waals surface area contributed by atoms with Crippen molar-refractivity contribution in [1.82, 2.24) is 9.88 Å². The Kier molecular flexibility index (Phi) is 8.35. The van der Waals surface area contributed by atoms with E-state index < -0.39 is 0 Å².